The Morgan fingerprint density at radius 1 is 1.30 bits per heavy atom. The van der Waals surface area contributed by atoms with E-state index >= 15 is 0 Å². The SMILES string of the molecule is CC(NC1CCN(c2cccnn2)CC1)c1ccc(F)c(O)c1. The minimum absolute atomic E-state index is 0.0644. The second kappa shape index (κ2) is 6.91. The number of aromatic hydroxyl groups is 1. The van der Waals surface area contributed by atoms with E-state index in [4.69, 9.17) is 0 Å². The number of nitrogens with one attached hydrogen (secondary N) is 1. The Labute approximate surface area is 135 Å². The fraction of sp³-hybridized carbons (Fsp3) is 0.412. The molecular weight excluding hydrogens is 295 g/mol. The molecule has 1 saturated heterocycles. The molecule has 0 amide bonds. The number of rotatable bonds is 4. The maximum absolute atomic E-state index is 13.1. The van der Waals surface area contributed by atoms with Gasteiger partial charge in [0.2, 0.25) is 0 Å². The smallest absolute Gasteiger partial charge is 0.164 e. The van der Waals surface area contributed by atoms with Crippen molar-refractivity contribution in [3.8, 4) is 5.75 Å². The summed E-state index contributed by atoms with van der Waals surface area (Å²) in [5, 5.41) is 21.1. The lowest BCUT2D eigenvalue weighted by Gasteiger charge is -2.34. The number of anilines is 1. The van der Waals surface area contributed by atoms with Crippen LogP contribution in [0.15, 0.2) is 36.5 Å². The summed E-state index contributed by atoms with van der Waals surface area (Å²) >= 11 is 0. The molecular formula is C17H21FN4O. The van der Waals surface area contributed by atoms with E-state index < -0.39 is 5.82 Å². The van der Waals surface area contributed by atoms with E-state index in [0.717, 1.165) is 37.3 Å². The minimum atomic E-state index is -0.585. The van der Waals surface area contributed by atoms with Crippen molar-refractivity contribution in [2.75, 3.05) is 18.0 Å². The summed E-state index contributed by atoms with van der Waals surface area (Å²) in [5.74, 6) is 0.0364. The van der Waals surface area contributed by atoms with Crippen LogP contribution >= 0.6 is 0 Å². The number of halogens is 1. The number of aromatic nitrogens is 2. The largest absolute Gasteiger partial charge is 0.505 e. The monoisotopic (exact) mass is 316 g/mol. The molecule has 1 fully saturated rings. The third-order valence-electron chi connectivity index (χ3n) is 4.33. The first-order valence-corrected chi connectivity index (χ1v) is 7.90. The third kappa shape index (κ3) is 3.76. The second-order valence-corrected chi connectivity index (χ2v) is 5.94. The predicted molar refractivity (Wildman–Crippen MR) is 86.9 cm³/mol. The summed E-state index contributed by atoms with van der Waals surface area (Å²) in [6.45, 7) is 3.89. The van der Waals surface area contributed by atoms with Crippen molar-refractivity contribution in [3.05, 3.63) is 47.9 Å². The van der Waals surface area contributed by atoms with Crippen LogP contribution < -0.4 is 10.2 Å². The molecule has 1 aliphatic rings. The van der Waals surface area contributed by atoms with Crippen molar-refractivity contribution < 1.29 is 9.50 Å². The maximum Gasteiger partial charge on any atom is 0.164 e. The van der Waals surface area contributed by atoms with Gasteiger partial charge in [-0.1, -0.05) is 6.07 Å². The van der Waals surface area contributed by atoms with E-state index in [1.807, 2.05) is 19.1 Å². The summed E-state index contributed by atoms with van der Waals surface area (Å²) in [6, 6.07) is 8.84. The molecule has 0 spiro atoms. The standard InChI is InChI=1S/C17H21FN4O/c1-12(13-4-5-15(18)16(23)11-13)20-14-6-9-22(10-7-14)17-3-2-8-19-21-17/h2-5,8,11-12,14,20,23H,6-7,9-10H2,1H3. The quantitative estimate of drug-likeness (QED) is 0.908. The zero-order chi connectivity index (χ0) is 16.2. The minimum Gasteiger partial charge on any atom is -0.505 e. The highest BCUT2D eigenvalue weighted by molar-refractivity contribution is 5.37. The van der Waals surface area contributed by atoms with Crippen LogP contribution in [0, 0.1) is 5.82 Å². The van der Waals surface area contributed by atoms with Crippen LogP contribution in [-0.2, 0) is 0 Å². The van der Waals surface area contributed by atoms with Gasteiger partial charge in [-0.15, -0.1) is 5.10 Å². The third-order valence-corrected chi connectivity index (χ3v) is 4.33. The lowest BCUT2D eigenvalue weighted by atomic mass is 10.0. The van der Waals surface area contributed by atoms with Crippen molar-refractivity contribution in [3.63, 3.8) is 0 Å². The molecule has 0 saturated carbocycles. The molecule has 2 aromatic rings. The van der Waals surface area contributed by atoms with Gasteiger partial charge in [0.25, 0.3) is 0 Å². The first-order valence-electron chi connectivity index (χ1n) is 7.90. The Hall–Kier alpha value is -2.21. The second-order valence-electron chi connectivity index (χ2n) is 5.94. The van der Waals surface area contributed by atoms with Crippen LogP contribution in [0.25, 0.3) is 0 Å². The first-order chi connectivity index (χ1) is 11.1. The van der Waals surface area contributed by atoms with Gasteiger partial charge in [0, 0.05) is 31.4 Å². The van der Waals surface area contributed by atoms with Crippen LogP contribution in [-0.4, -0.2) is 34.4 Å². The average molecular weight is 316 g/mol. The average Bonchev–Trinajstić information content (AvgIpc) is 2.59. The number of phenols is 1. The zero-order valence-corrected chi connectivity index (χ0v) is 13.1. The predicted octanol–water partition coefficient (Wildman–Crippen LogP) is 2.64. The molecule has 1 aromatic carbocycles. The molecule has 0 bridgehead atoms. The van der Waals surface area contributed by atoms with E-state index in [-0.39, 0.29) is 11.8 Å². The topological polar surface area (TPSA) is 61.3 Å². The van der Waals surface area contributed by atoms with E-state index in [9.17, 15) is 9.50 Å². The van der Waals surface area contributed by atoms with Crippen molar-refractivity contribution in [1.82, 2.24) is 15.5 Å². The Morgan fingerprint density at radius 3 is 2.74 bits per heavy atom. The lowest BCUT2D eigenvalue weighted by molar-refractivity contribution is 0.377. The van der Waals surface area contributed by atoms with Crippen molar-refractivity contribution in [2.24, 2.45) is 0 Å². The van der Waals surface area contributed by atoms with E-state index in [1.165, 1.54) is 12.1 Å². The molecule has 0 aliphatic carbocycles. The molecule has 122 valence electrons. The summed E-state index contributed by atoms with van der Waals surface area (Å²) in [6.07, 6.45) is 3.69. The molecule has 0 radical (unpaired) electrons. The van der Waals surface area contributed by atoms with Gasteiger partial charge in [0.15, 0.2) is 17.4 Å². The van der Waals surface area contributed by atoms with Crippen molar-refractivity contribution in [2.45, 2.75) is 31.8 Å². The van der Waals surface area contributed by atoms with Crippen LogP contribution in [0.5, 0.6) is 5.75 Å². The van der Waals surface area contributed by atoms with Gasteiger partial charge in [-0.05, 0) is 49.6 Å². The highest BCUT2D eigenvalue weighted by atomic mass is 19.1. The summed E-state index contributed by atoms with van der Waals surface area (Å²) in [5.41, 5.74) is 0.889. The normalized spacial score (nSPS) is 17.2. The molecule has 1 atom stereocenters. The van der Waals surface area contributed by atoms with Gasteiger partial charge in [0.05, 0.1) is 0 Å². The highest BCUT2D eigenvalue weighted by Gasteiger charge is 2.22. The molecule has 1 unspecified atom stereocenters. The van der Waals surface area contributed by atoms with Crippen molar-refractivity contribution >= 4 is 5.82 Å². The Kier molecular flexibility index (Phi) is 4.71. The molecule has 1 aliphatic heterocycles. The van der Waals surface area contributed by atoms with E-state index in [2.05, 4.69) is 20.4 Å². The number of benzene rings is 1. The van der Waals surface area contributed by atoms with E-state index in [1.54, 1.807) is 12.3 Å². The zero-order valence-electron chi connectivity index (χ0n) is 13.1. The fourth-order valence-electron chi connectivity index (χ4n) is 2.99. The molecule has 1 aromatic heterocycles. The Morgan fingerprint density at radius 2 is 2.09 bits per heavy atom. The lowest BCUT2D eigenvalue weighted by Crippen LogP contribution is -2.43. The van der Waals surface area contributed by atoms with Gasteiger partial charge < -0.3 is 15.3 Å². The van der Waals surface area contributed by atoms with Crippen LogP contribution in [0.4, 0.5) is 10.2 Å². The molecule has 3 rings (SSSR count). The summed E-state index contributed by atoms with van der Waals surface area (Å²) in [4.78, 5) is 2.24. The maximum atomic E-state index is 13.1. The number of hydrogen-bond acceptors (Lipinski definition) is 5. The summed E-state index contributed by atoms with van der Waals surface area (Å²) in [7, 11) is 0. The molecule has 2 N–H and O–H groups in total. The number of hydrogen-bond donors (Lipinski definition) is 2. The van der Waals surface area contributed by atoms with Crippen LogP contribution in [0.1, 0.15) is 31.4 Å². The van der Waals surface area contributed by atoms with Gasteiger partial charge in [-0.2, -0.15) is 5.10 Å². The molecule has 23 heavy (non-hydrogen) atoms. The Bertz CT molecular complexity index is 644. The van der Waals surface area contributed by atoms with Crippen molar-refractivity contribution in [1.29, 1.82) is 0 Å². The molecule has 6 heteroatoms. The van der Waals surface area contributed by atoms with Crippen LogP contribution in [0.2, 0.25) is 0 Å². The van der Waals surface area contributed by atoms with E-state index in [0.29, 0.717) is 6.04 Å². The van der Waals surface area contributed by atoms with Gasteiger partial charge in [-0.3, -0.25) is 0 Å². The summed E-state index contributed by atoms with van der Waals surface area (Å²) < 4.78 is 13.1. The molecule has 2 heterocycles. The fourth-order valence-corrected chi connectivity index (χ4v) is 2.99. The van der Waals surface area contributed by atoms with Crippen LogP contribution in [0.3, 0.4) is 0 Å². The van der Waals surface area contributed by atoms with Gasteiger partial charge in [0.1, 0.15) is 0 Å². The highest BCUT2D eigenvalue weighted by Crippen LogP contribution is 2.23. The Balaban J connectivity index is 1.55. The first kappa shape index (κ1) is 15.7. The number of piperidine rings is 1. The number of phenolic OH excluding ortho intramolecular Hbond substituents is 1. The molecule has 5 nitrogen and oxygen atoms in total. The van der Waals surface area contributed by atoms with Gasteiger partial charge in [-0.25, -0.2) is 4.39 Å². The number of nitrogens with zero attached hydrogens (tertiary/aromatic N) is 3. The van der Waals surface area contributed by atoms with Gasteiger partial charge >= 0.3 is 0 Å².